The fraction of sp³-hybridized carbons (Fsp3) is 0.250. The highest BCUT2D eigenvalue weighted by Gasteiger charge is 2.19. The number of furan rings is 1. The summed E-state index contributed by atoms with van der Waals surface area (Å²) in [4.78, 5) is 22.5. The van der Waals surface area contributed by atoms with Crippen molar-refractivity contribution in [3.8, 4) is 11.6 Å². The van der Waals surface area contributed by atoms with Gasteiger partial charge < -0.3 is 9.73 Å². The van der Waals surface area contributed by atoms with E-state index in [1.807, 2.05) is 6.26 Å². The van der Waals surface area contributed by atoms with E-state index in [1.54, 1.807) is 49.2 Å². The van der Waals surface area contributed by atoms with Crippen molar-refractivity contribution in [2.24, 2.45) is 0 Å². The van der Waals surface area contributed by atoms with E-state index in [0.29, 0.717) is 34.4 Å². The van der Waals surface area contributed by atoms with Gasteiger partial charge in [0.05, 0.1) is 17.5 Å². The molecule has 8 heteroatoms. The maximum atomic E-state index is 12.9. The van der Waals surface area contributed by atoms with Gasteiger partial charge in [-0.25, -0.2) is 14.4 Å². The minimum Gasteiger partial charge on any atom is -0.461 e. The molecule has 0 bridgehead atoms. The number of amides is 1. The molecule has 5 nitrogen and oxygen atoms in total. The van der Waals surface area contributed by atoms with Crippen LogP contribution >= 0.6 is 23.5 Å². The van der Waals surface area contributed by atoms with E-state index in [-0.39, 0.29) is 11.7 Å². The lowest BCUT2D eigenvalue weighted by Gasteiger charge is -2.11. The summed E-state index contributed by atoms with van der Waals surface area (Å²) in [7, 11) is 0. The van der Waals surface area contributed by atoms with Crippen molar-refractivity contribution >= 4 is 29.4 Å². The first-order valence-electron chi connectivity index (χ1n) is 8.71. The Morgan fingerprint density at radius 1 is 1.21 bits per heavy atom. The second kappa shape index (κ2) is 9.75. The predicted octanol–water partition coefficient (Wildman–Crippen LogP) is 4.82. The van der Waals surface area contributed by atoms with Crippen LogP contribution in [0, 0.1) is 12.7 Å². The molecule has 2 heterocycles. The smallest absolute Gasteiger partial charge is 0.255 e. The van der Waals surface area contributed by atoms with Gasteiger partial charge in [0.25, 0.3) is 5.91 Å². The molecule has 0 aliphatic carbocycles. The number of hydrogen-bond donors (Lipinski definition) is 1. The molecule has 1 aromatic carbocycles. The Morgan fingerprint density at radius 2 is 2.00 bits per heavy atom. The molecule has 0 unspecified atom stereocenters. The van der Waals surface area contributed by atoms with Crippen molar-refractivity contribution in [3.63, 3.8) is 0 Å². The van der Waals surface area contributed by atoms with Crippen molar-refractivity contribution in [1.29, 1.82) is 0 Å². The van der Waals surface area contributed by atoms with Crippen molar-refractivity contribution in [2.45, 2.75) is 23.3 Å². The minimum absolute atomic E-state index is 0.181. The number of aryl methyl sites for hydroxylation is 1. The number of rotatable bonds is 8. The predicted molar refractivity (Wildman–Crippen MR) is 110 cm³/mol. The van der Waals surface area contributed by atoms with Gasteiger partial charge in [-0.3, -0.25) is 4.79 Å². The zero-order valence-electron chi connectivity index (χ0n) is 15.6. The topological polar surface area (TPSA) is 68.0 Å². The second-order valence-corrected chi connectivity index (χ2v) is 7.87. The molecule has 2 aromatic heterocycles. The molecule has 1 amide bonds. The number of nitrogens with one attached hydrogen (secondary N) is 1. The number of aromatic nitrogens is 2. The Morgan fingerprint density at radius 3 is 2.68 bits per heavy atom. The molecule has 0 aliphatic heterocycles. The van der Waals surface area contributed by atoms with E-state index in [1.165, 1.54) is 23.9 Å². The summed E-state index contributed by atoms with van der Waals surface area (Å²) in [6.07, 6.45) is 4.24. The maximum Gasteiger partial charge on any atom is 0.255 e. The first-order chi connectivity index (χ1) is 13.6. The summed E-state index contributed by atoms with van der Waals surface area (Å²) in [6.45, 7) is 2.34. The van der Waals surface area contributed by atoms with Crippen molar-refractivity contribution in [1.82, 2.24) is 15.3 Å². The highest BCUT2D eigenvalue weighted by molar-refractivity contribution is 7.99. The zero-order valence-corrected chi connectivity index (χ0v) is 17.2. The zero-order chi connectivity index (χ0) is 19.9. The van der Waals surface area contributed by atoms with Crippen LogP contribution in [0.1, 0.15) is 22.5 Å². The Balaban J connectivity index is 1.57. The molecular weight excluding hydrogens is 397 g/mol. The Bertz CT molecular complexity index is 931. The third kappa shape index (κ3) is 5.14. The lowest BCUT2D eigenvalue weighted by atomic mass is 10.2. The number of carbonyl (C=O) groups excluding carboxylic acids is 1. The van der Waals surface area contributed by atoms with Gasteiger partial charge in [-0.15, -0.1) is 23.5 Å². The minimum atomic E-state index is -0.239. The van der Waals surface area contributed by atoms with Gasteiger partial charge in [0.15, 0.2) is 11.6 Å². The lowest BCUT2D eigenvalue weighted by molar-refractivity contribution is 0.0949. The van der Waals surface area contributed by atoms with Gasteiger partial charge in [-0.1, -0.05) is 0 Å². The van der Waals surface area contributed by atoms with Crippen LogP contribution in [-0.2, 0) is 0 Å². The number of hydrogen-bond acceptors (Lipinski definition) is 6. The number of halogens is 1. The van der Waals surface area contributed by atoms with Gasteiger partial charge in [-0.2, -0.15) is 0 Å². The third-order valence-electron chi connectivity index (χ3n) is 3.91. The fourth-order valence-corrected chi connectivity index (χ4v) is 4.03. The Labute approximate surface area is 171 Å². The Kier molecular flexibility index (Phi) is 7.11. The largest absolute Gasteiger partial charge is 0.461 e. The summed E-state index contributed by atoms with van der Waals surface area (Å²) >= 11 is 3.03. The van der Waals surface area contributed by atoms with Crippen LogP contribution in [0.15, 0.2) is 57.0 Å². The molecule has 3 aromatic rings. The molecule has 3 rings (SSSR count). The summed E-state index contributed by atoms with van der Waals surface area (Å²) in [5.41, 5.74) is 1.11. The summed E-state index contributed by atoms with van der Waals surface area (Å²) in [6, 6.07) is 9.97. The van der Waals surface area contributed by atoms with Crippen molar-refractivity contribution in [3.05, 3.63) is 59.7 Å². The summed E-state index contributed by atoms with van der Waals surface area (Å²) in [5.74, 6) is 1.45. The van der Waals surface area contributed by atoms with Crippen LogP contribution in [-0.4, -0.2) is 34.4 Å². The summed E-state index contributed by atoms with van der Waals surface area (Å²) in [5, 5.41) is 3.56. The van der Waals surface area contributed by atoms with Gasteiger partial charge in [0, 0.05) is 11.4 Å². The highest BCUT2D eigenvalue weighted by atomic mass is 32.2. The number of benzene rings is 1. The first kappa shape index (κ1) is 20.4. The van der Waals surface area contributed by atoms with E-state index in [4.69, 9.17) is 4.42 Å². The van der Waals surface area contributed by atoms with Gasteiger partial charge in [0.2, 0.25) is 0 Å². The molecule has 146 valence electrons. The third-order valence-corrected chi connectivity index (χ3v) is 5.69. The fourth-order valence-electron chi connectivity index (χ4n) is 2.56. The quantitative estimate of drug-likeness (QED) is 0.322. The van der Waals surface area contributed by atoms with Crippen LogP contribution in [0.25, 0.3) is 11.6 Å². The highest BCUT2D eigenvalue weighted by Crippen LogP contribution is 2.25. The molecule has 0 atom stereocenters. The SMILES string of the molecule is CSc1nc(-c2ccco2)nc(C)c1C(=O)NCCCSc1ccc(F)cc1. The maximum absolute atomic E-state index is 12.9. The molecular formula is C20H20FN3O2S2. The Hall–Kier alpha value is -2.32. The van der Waals surface area contributed by atoms with Gasteiger partial charge >= 0.3 is 0 Å². The van der Waals surface area contributed by atoms with E-state index >= 15 is 0 Å². The summed E-state index contributed by atoms with van der Waals surface area (Å²) < 4.78 is 18.3. The average Bonchev–Trinajstić information content (AvgIpc) is 3.23. The van der Waals surface area contributed by atoms with E-state index in [2.05, 4.69) is 15.3 Å². The second-order valence-electron chi connectivity index (χ2n) is 5.91. The molecule has 0 saturated heterocycles. The van der Waals surface area contributed by atoms with Crippen LogP contribution in [0.5, 0.6) is 0 Å². The monoisotopic (exact) mass is 417 g/mol. The molecule has 28 heavy (non-hydrogen) atoms. The van der Waals surface area contributed by atoms with Crippen LogP contribution < -0.4 is 5.32 Å². The van der Waals surface area contributed by atoms with Crippen LogP contribution in [0.3, 0.4) is 0 Å². The standard InChI is InChI=1S/C20H20FN3O2S2/c1-13-17(20(27-2)24-18(23-13)16-5-3-11-26-16)19(25)22-10-4-12-28-15-8-6-14(21)7-9-15/h3,5-9,11H,4,10,12H2,1-2H3,(H,22,25). The average molecular weight is 418 g/mol. The normalized spacial score (nSPS) is 10.8. The van der Waals surface area contributed by atoms with Crippen molar-refractivity contribution in [2.75, 3.05) is 18.6 Å². The molecule has 0 saturated carbocycles. The molecule has 1 N–H and O–H groups in total. The lowest BCUT2D eigenvalue weighted by Crippen LogP contribution is -2.27. The van der Waals surface area contributed by atoms with Crippen LogP contribution in [0.4, 0.5) is 4.39 Å². The molecule has 0 aliphatic rings. The molecule has 0 fully saturated rings. The van der Waals surface area contributed by atoms with Crippen molar-refractivity contribution < 1.29 is 13.6 Å². The number of nitrogens with zero attached hydrogens (tertiary/aromatic N) is 2. The van der Waals surface area contributed by atoms with Crippen LogP contribution in [0.2, 0.25) is 0 Å². The molecule has 0 radical (unpaired) electrons. The van der Waals surface area contributed by atoms with Gasteiger partial charge in [0.1, 0.15) is 10.8 Å². The first-order valence-corrected chi connectivity index (χ1v) is 10.9. The number of carbonyl (C=O) groups is 1. The molecule has 0 spiro atoms. The van der Waals surface area contributed by atoms with E-state index in [9.17, 15) is 9.18 Å². The van der Waals surface area contributed by atoms with Gasteiger partial charge in [-0.05, 0) is 61.8 Å². The van der Waals surface area contributed by atoms with E-state index < -0.39 is 0 Å². The number of thioether (sulfide) groups is 2. The van der Waals surface area contributed by atoms with E-state index in [0.717, 1.165) is 17.1 Å².